The lowest BCUT2D eigenvalue weighted by Gasteiger charge is -2.19. The molecule has 0 unspecified atom stereocenters. The summed E-state index contributed by atoms with van der Waals surface area (Å²) in [6.45, 7) is 3.00. The highest BCUT2D eigenvalue weighted by molar-refractivity contribution is 5.78. The SMILES string of the molecule is CC(=O)NCCC(=O)N[C@@H]1COC[C@H]1Cc1ccncc1. The summed E-state index contributed by atoms with van der Waals surface area (Å²) < 4.78 is 5.49. The van der Waals surface area contributed by atoms with Crippen LogP contribution in [0.1, 0.15) is 18.9 Å². The smallest absolute Gasteiger partial charge is 0.222 e. The van der Waals surface area contributed by atoms with Gasteiger partial charge in [0.25, 0.3) is 0 Å². The molecule has 114 valence electrons. The molecule has 2 atom stereocenters. The lowest BCUT2D eigenvalue weighted by Crippen LogP contribution is -2.41. The summed E-state index contributed by atoms with van der Waals surface area (Å²) in [5.74, 6) is 0.0960. The van der Waals surface area contributed by atoms with Gasteiger partial charge in [-0.3, -0.25) is 14.6 Å². The van der Waals surface area contributed by atoms with Crippen LogP contribution < -0.4 is 10.6 Å². The zero-order valence-corrected chi connectivity index (χ0v) is 12.2. The Morgan fingerprint density at radius 1 is 1.33 bits per heavy atom. The second-order valence-corrected chi connectivity index (χ2v) is 5.26. The number of carbonyl (C=O) groups excluding carboxylic acids is 2. The highest BCUT2D eigenvalue weighted by Gasteiger charge is 2.29. The topological polar surface area (TPSA) is 80.3 Å². The molecule has 0 spiro atoms. The van der Waals surface area contributed by atoms with Crippen LogP contribution in [0.3, 0.4) is 0 Å². The largest absolute Gasteiger partial charge is 0.379 e. The van der Waals surface area contributed by atoms with Crippen LogP contribution in [0.15, 0.2) is 24.5 Å². The average molecular weight is 291 g/mol. The maximum Gasteiger partial charge on any atom is 0.222 e. The standard InChI is InChI=1S/C15H21N3O3/c1-11(19)17-7-4-15(20)18-14-10-21-9-13(14)8-12-2-5-16-6-3-12/h2-3,5-6,13-14H,4,7-10H2,1H3,(H,17,19)(H,18,20)/t13-,14-/m1/s1. The van der Waals surface area contributed by atoms with Crippen molar-refractivity contribution in [3.8, 4) is 0 Å². The lowest BCUT2D eigenvalue weighted by molar-refractivity contribution is -0.122. The second-order valence-electron chi connectivity index (χ2n) is 5.26. The molecule has 1 aromatic heterocycles. The number of pyridine rings is 1. The summed E-state index contributed by atoms with van der Waals surface area (Å²) in [5, 5.41) is 5.61. The number of hydrogen-bond acceptors (Lipinski definition) is 4. The molecule has 6 nitrogen and oxygen atoms in total. The molecule has 1 aromatic rings. The maximum atomic E-state index is 11.9. The molecule has 0 radical (unpaired) electrons. The van der Waals surface area contributed by atoms with Crippen molar-refractivity contribution < 1.29 is 14.3 Å². The Balaban J connectivity index is 1.79. The van der Waals surface area contributed by atoms with Crippen LogP contribution >= 0.6 is 0 Å². The molecule has 21 heavy (non-hydrogen) atoms. The van der Waals surface area contributed by atoms with E-state index >= 15 is 0 Å². The van der Waals surface area contributed by atoms with Crippen molar-refractivity contribution in [1.82, 2.24) is 15.6 Å². The first-order valence-corrected chi connectivity index (χ1v) is 7.15. The molecular weight excluding hydrogens is 270 g/mol. The van der Waals surface area contributed by atoms with Crippen molar-refractivity contribution in [1.29, 1.82) is 0 Å². The Hall–Kier alpha value is -1.95. The van der Waals surface area contributed by atoms with Crippen molar-refractivity contribution in [2.75, 3.05) is 19.8 Å². The Kier molecular flexibility index (Phi) is 5.68. The minimum Gasteiger partial charge on any atom is -0.379 e. The molecule has 1 aliphatic rings. The minimum atomic E-state index is -0.123. The number of ether oxygens (including phenoxy) is 1. The third-order valence-electron chi connectivity index (χ3n) is 3.52. The highest BCUT2D eigenvalue weighted by atomic mass is 16.5. The fraction of sp³-hybridized carbons (Fsp3) is 0.533. The third-order valence-corrected chi connectivity index (χ3v) is 3.52. The molecule has 0 aliphatic carbocycles. The molecule has 0 bridgehead atoms. The van der Waals surface area contributed by atoms with Crippen molar-refractivity contribution in [2.24, 2.45) is 5.92 Å². The predicted molar refractivity (Wildman–Crippen MR) is 77.5 cm³/mol. The highest BCUT2D eigenvalue weighted by Crippen LogP contribution is 2.19. The Labute approximate surface area is 124 Å². The van der Waals surface area contributed by atoms with E-state index in [2.05, 4.69) is 15.6 Å². The molecule has 0 aromatic carbocycles. The first-order valence-electron chi connectivity index (χ1n) is 7.15. The quantitative estimate of drug-likeness (QED) is 0.789. The van der Waals surface area contributed by atoms with E-state index in [1.54, 1.807) is 12.4 Å². The van der Waals surface area contributed by atoms with Gasteiger partial charge < -0.3 is 15.4 Å². The number of aromatic nitrogens is 1. The van der Waals surface area contributed by atoms with Crippen molar-refractivity contribution in [2.45, 2.75) is 25.8 Å². The van der Waals surface area contributed by atoms with E-state index in [0.29, 0.717) is 19.8 Å². The molecule has 2 heterocycles. The predicted octanol–water partition coefficient (Wildman–Crippen LogP) is 0.282. The van der Waals surface area contributed by atoms with Gasteiger partial charge in [0, 0.05) is 38.2 Å². The average Bonchev–Trinajstić information content (AvgIpc) is 2.86. The van der Waals surface area contributed by atoms with Gasteiger partial charge >= 0.3 is 0 Å². The van der Waals surface area contributed by atoms with Crippen LogP contribution in [-0.4, -0.2) is 42.6 Å². The summed E-state index contributed by atoms with van der Waals surface area (Å²) in [6.07, 6.45) is 4.69. The molecule has 1 aliphatic heterocycles. The van der Waals surface area contributed by atoms with Crippen LogP contribution in [-0.2, 0) is 20.7 Å². The van der Waals surface area contributed by atoms with Gasteiger partial charge in [-0.25, -0.2) is 0 Å². The second kappa shape index (κ2) is 7.73. The summed E-state index contributed by atoms with van der Waals surface area (Å²) >= 11 is 0. The zero-order valence-electron chi connectivity index (χ0n) is 12.2. The van der Waals surface area contributed by atoms with Gasteiger partial charge in [0.05, 0.1) is 19.3 Å². The number of rotatable bonds is 6. The van der Waals surface area contributed by atoms with Crippen LogP contribution in [0.2, 0.25) is 0 Å². The van der Waals surface area contributed by atoms with E-state index in [1.807, 2.05) is 12.1 Å². The van der Waals surface area contributed by atoms with Gasteiger partial charge in [-0.05, 0) is 24.1 Å². The lowest BCUT2D eigenvalue weighted by atomic mass is 9.95. The van der Waals surface area contributed by atoms with E-state index in [-0.39, 0.29) is 30.2 Å². The first kappa shape index (κ1) is 15.4. The fourth-order valence-corrected chi connectivity index (χ4v) is 2.41. The van der Waals surface area contributed by atoms with Crippen LogP contribution in [0.4, 0.5) is 0 Å². The minimum absolute atomic E-state index is 0.0305. The summed E-state index contributed by atoms with van der Waals surface area (Å²) in [4.78, 5) is 26.6. The van der Waals surface area contributed by atoms with E-state index in [9.17, 15) is 9.59 Å². The molecule has 0 saturated carbocycles. The van der Waals surface area contributed by atoms with Gasteiger partial charge in [0.1, 0.15) is 0 Å². The Morgan fingerprint density at radius 2 is 2.10 bits per heavy atom. The zero-order chi connectivity index (χ0) is 15.1. The molecule has 2 rings (SSSR count). The summed E-state index contributed by atoms with van der Waals surface area (Å²) in [6, 6.07) is 3.99. The molecule has 1 saturated heterocycles. The van der Waals surface area contributed by atoms with Gasteiger partial charge in [-0.1, -0.05) is 0 Å². The molecular formula is C15H21N3O3. The van der Waals surface area contributed by atoms with Crippen molar-refractivity contribution in [3.63, 3.8) is 0 Å². The van der Waals surface area contributed by atoms with Gasteiger partial charge in [0.15, 0.2) is 0 Å². The van der Waals surface area contributed by atoms with E-state index < -0.39 is 0 Å². The van der Waals surface area contributed by atoms with Crippen molar-refractivity contribution >= 4 is 11.8 Å². The fourth-order valence-electron chi connectivity index (χ4n) is 2.41. The Morgan fingerprint density at radius 3 is 2.81 bits per heavy atom. The van der Waals surface area contributed by atoms with Gasteiger partial charge in [-0.15, -0.1) is 0 Å². The monoisotopic (exact) mass is 291 g/mol. The summed E-state index contributed by atoms with van der Waals surface area (Å²) in [7, 11) is 0. The van der Waals surface area contributed by atoms with Crippen LogP contribution in [0.25, 0.3) is 0 Å². The molecule has 1 fully saturated rings. The van der Waals surface area contributed by atoms with Gasteiger partial charge in [-0.2, -0.15) is 0 Å². The molecule has 6 heteroatoms. The first-order chi connectivity index (χ1) is 10.1. The van der Waals surface area contributed by atoms with Crippen LogP contribution in [0.5, 0.6) is 0 Å². The van der Waals surface area contributed by atoms with E-state index in [4.69, 9.17) is 4.74 Å². The van der Waals surface area contributed by atoms with E-state index in [0.717, 1.165) is 6.42 Å². The van der Waals surface area contributed by atoms with Crippen LogP contribution in [0, 0.1) is 5.92 Å². The maximum absolute atomic E-state index is 11.9. The molecule has 2 amide bonds. The molecule has 2 N–H and O–H groups in total. The number of carbonyl (C=O) groups is 2. The Bertz CT molecular complexity index is 478. The van der Waals surface area contributed by atoms with Crippen molar-refractivity contribution in [3.05, 3.63) is 30.1 Å². The van der Waals surface area contributed by atoms with Gasteiger partial charge in [0.2, 0.25) is 11.8 Å². The number of nitrogens with zero attached hydrogens (tertiary/aromatic N) is 1. The normalized spacial score (nSPS) is 21.0. The number of hydrogen-bond donors (Lipinski definition) is 2. The number of amides is 2. The third kappa shape index (κ3) is 5.15. The van der Waals surface area contributed by atoms with E-state index in [1.165, 1.54) is 12.5 Å². The summed E-state index contributed by atoms with van der Waals surface area (Å²) in [5.41, 5.74) is 1.19. The number of nitrogens with one attached hydrogen (secondary N) is 2.